The molecule has 0 aromatic carbocycles. The van der Waals surface area contributed by atoms with E-state index >= 15 is 0 Å². The van der Waals surface area contributed by atoms with Gasteiger partial charge in [0.25, 0.3) is 0 Å². The first-order valence-electron chi connectivity index (χ1n) is 5.24. The number of hydrogen-bond donors (Lipinski definition) is 0. The lowest BCUT2D eigenvalue weighted by Crippen LogP contribution is -2.02. The van der Waals surface area contributed by atoms with Crippen LogP contribution in [0, 0.1) is 0 Å². The highest BCUT2D eigenvalue weighted by molar-refractivity contribution is 7.86. The largest absolute Gasteiger partial charge is 0.493 e. The zero-order chi connectivity index (χ0) is 13.0. The number of nitrogens with zero attached hydrogens (tertiary/aromatic N) is 1. The molecule has 4 nitrogen and oxygen atoms in total. The molecule has 0 radical (unpaired) electrons. The Hall–Kier alpha value is -1.40. The first-order chi connectivity index (χ1) is 8.76. The Bertz CT molecular complexity index is 540. The summed E-state index contributed by atoms with van der Waals surface area (Å²) in [6.45, 7) is 0. The molecule has 0 aliphatic rings. The molecule has 2 aromatic rings. The predicted molar refractivity (Wildman–Crippen MR) is 71.8 cm³/mol. The summed E-state index contributed by atoms with van der Waals surface area (Å²) in [5, 5.41) is 1.91. The van der Waals surface area contributed by atoms with Gasteiger partial charge in [-0.05, 0) is 11.4 Å². The molecule has 18 heavy (non-hydrogen) atoms. The van der Waals surface area contributed by atoms with E-state index in [1.807, 2.05) is 17.5 Å². The second-order valence-corrected chi connectivity index (χ2v) is 6.04. The summed E-state index contributed by atoms with van der Waals surface area (Å²) in [6, 6.07) is 5.46. The molecule has 0 aliphatic carbocycles. The highest BCUT2D eigenvalue weighted by atomic mass is 32.2. The van der Waals surface area contributed by atoms with E-state index in [0.717, 1.165) is 4.21 Å². The van der Waals surface area contributed by atoms with Crippen molar-refractivity contribution < 1.29 is 13.7 Å². The van der Waals surface area contributed by atoms with E-state index in [1.165, 1.54) is 11.3 Å². The zero-order valence-electron chi connectivity index (χ0n) is 10.1. The summed E-state index contributed by atoms with van der Waals surface area (Å²) in [7, 11) is 2.02. The summed E-state index contributed by atoms with van der Waals surface area (Å²) in [5.74, 6) is 1.47. The first kappa shape index (κ1) is 13.0. The number of aromatic nitrogens is 1. The van der Waals surface area contributed by atoms with Gasteiger partial charge in [-0.1, -0.05) is 6.07 Å². The van der Waals surface area contributed by atoms with E-state index in [4.69, 9.17) is 9.47 Å². The lowest BCUT2D eigenvalue weighted by Gasteiger charge is -2.10. The molecule has 0 spiro atoms. The minimum Gasteiger partial charge on any atom is -0.493 e. The normalized spacial score (nSPS) is 12.1. The van der Waals surface area contributed by atoms with Crippen LogP contribution in [-0.4, -0.2) is 23.4 Å². The molecule has 1 unspecified atom stereocenters. The van der Waals surface area contributed by atoms with Gasteiger partial charge in [-0.25, -0.2) is 0 Å². The topological polar surface area (TPSA) is 48.4 Å². The van der Waals surface area contributed by atoms with Crippen LogP contribution in [0.3, 0.4) is 0 Å². The van der Waals surface area contributed by atoms with E-state index in [1.54, 1.807) is 26.5 Å². The molecule has 96 valence electrons. The molecule has 0 bridgehead atoms. The minimum absolute atomic E-state index is 0.320. The van der Waals surface area contributed by atoms with Crippen molar-refractivity contribution in [2.45, 2.75) is 9.96 Å². The van der Waals surface area contributed by atoms with Gasteiger partial charge in [0.05, 0.1) is 40.7 Å². The van der Waals surface area contributed by atoms with Gasteiger partial charge in [-0.15, -0.1) is 11.3 Å². The third kappa shape index (κ3) is 2.70. The van der Waals surface area contributed by atoms with Crippen LogP contribution in [0.15, 0.2) is 34.0 Å². The van der Waals surface area contributed by atoms with E-state index in [2.05, 4.69) is 4.98 Å². The lowest BCUT2D eigenvalue weighted by atomic mass is 10.3. The maximum Gasteiger partial charge on any atom is 0.183 e. The van der Waals surface area contributed by atoms with Crippen LogP contribution in [0.5, 0.6) is 11.5 Å². The van der Waals surface area contributed by atoms with E-state index in [-0.39, 0.29) is 0 Å². The molecule has 2 heterocycles. The molecule has 0 amide bonds. The van der Waals surface area contributed by atoms with E-state index < -0.39 is 10.8 Å². The van der Waals surface area contributed by atoms with Gasteiger partial charge >= 0.3 is 0 Å². The minimum atomic E-state index is -1.10. The SMILES string of the molecule is COc1ccnc(CS(=O)c2cccs2)c1OC. The molecule has 0 fully saturated rings. The maximum atomic E-state index is 12.1. The number of ether oxygens (including phenoxy) is 2. The van der Waals surface area contributed by atoms with Gasteiger partial charge in [0.1, 0.15) is 0 Å². The fourth-order valence-corrected chi connectivity index (χ4v) is 3.59. The van der Waals surface area contributed by atoms with E-state index in [9.17, 15) is 4.21 Å². The molecule has 0 aliphatic heterocycles. The molecule has 0 saturated heterocycles. The van der Waals surface area contributed by atoms with Crippen LogP contribution in [0.2, 0.25) is 0 Å². The van der Waals surface area contributed by atoms with Crippen LogP contribution in [0.4, 0.5) is 0 Å². The van der Waals surface area contributed by atoms with Gasteiger partial charge in [-0.3, -0.25) is 9.19 Å². The van der Waals surface area contributed by atoms with Crippen LogP contribution in [0.25, 0.3) is 0 Å². The monoisotopic (exact) mass is 283 g/mol. The first-order valence-corrected chi connectivity index (χ1v) is 7.44. The Labute approximate surface area is 112 Å². The zero-order valence-corrected chi connectivity index (χ0v) is 11.7. The molecule has 6 heteroatoms. The number of thiophene rings is 1. The Morgan fingerprint density at radius 2 is 2.17 bits per heavy atom. The van der Waals surface area contributed by atoms with Gasteiger partial charge in [0, 0.05) is 12.3 Å². The molecule has 2 aromatic heterocycles. The van der Waals surface area contributed by atoms with Crippen LogP contribution in [0.1, 0.15) is 5.69 Å². The summed E-state index contributed by atoms with van der Waals surface area (Å²) < 4.78 is 23.4. The maximum absolute atomic E-state index is 12.1. The quantitative estimate of drug-likeness (QED) is 0.846. The van der Waals surface area contributed by atoms with Crippen molar-refractivity contribution in [3.8, 4) is 11.5 Å². The summed E-state index contributed by atoms with van der Waals surface area (Å²) in [4.78, 5) is 4.21. The van der Waals surface area contributed by atoms with Gasteiger partial charge in [-0.2, -0.15) is 0 Å². The highest BCUT2D eigenvalue weighted by Gasteiger charge is 2.15. The molecular formula is C12H13NO3S2. The van der Waals surface area contributed by atoms with Gasteiger partial charge in [0.2, 0.25) is 0 Å². The molecule has 0 N–H and O–H groups in total. The smallest absolute Gasteiger partial charge is 0.183 e. The van der Waals surface area contributed by atoms with Crippen LogP contribution in [-0.2, 0) is 16.6 Å². The second-order valence-electron chi connectivity index (χ2n) is 3.42. The standard InChI is InChI=1S/C12H13NO3S2/c1-15-10-5-6-13-9(12(10)16-2)8-18(14)11-4-3-7-17-11/h3-7H,8H2,1-2H3. The number of rotatable bonds is 5. The predicted octanol–water partition coefficient (Wildman–Crippen LogP) is 2.47. The molecular weight excluding hydrogens is 270 g/mol. The Morgan fingerprint density at radius 3 is 2.78 bits per heavy atom. The average molecular weight is 283 g/mol. The number of methoxy groups -OCH3 is 2. The number of pyridine rings is 1. The average Bonchev–Trinajstić information content (AvgIpc) is 2.92. The Kier molecular flexibility index (Phi) is 4.33. The third-order valence-corrected chi connectivity index (χ3v) is 4.98. The van der Waals surface area contributed by atoms with Crippen LogP contribution < -0.4 is 9.47 Å². The van der Waals surface area contributed by atoms with Crippen molar-refractivity contribution in [3.05, 3.63) is 35.5 Å². The Balaban J connectivity index is 2.26. The molecule has 0 saturated carbocycles. The number of hydrogen-bond acceptors (Lipinski definition) is 5. The lowest BCUT2D eigenvalue weighted by molar-refractivity contribution is 0.350. The van der Waals surface area contributed by atoms with Gasteiger partial charge in [0.15, 0.2) is 11.5 Å². The van der Waals surface area contributed by atoms with Crippen molar-refractivity contribution in [3.63, 3.8) is 0 Å². The van der Waals surface area contributed by atoms with Crippen molar-refractivity contribution in [2.24, 2.45) is 0 Å². The molecule has 2 rings (SSSR count). The third-order valence-electron chi connectivity index (χ3n) is 2.35. The van der Waals surface area contributed by atoms with Crippen molar-refractivity contribution in [2.75, 3.05) is 14.2 Å². The summed E-state index contributed by atoms with van der Waals surface area (Å²) in [6.07, 6.45) is 1.63. The van der Waals surface area contributed by atoms with Crippen molar-refractivity contribution in [1.82, 2.24) is 4.98 Å². The van der Waals surface area contributed by atoms with Crippen molar-refractivity contribution in [1.29, 1.82) is 0 Å². The summed E-state index contributed by atoms with van der Waals surface area (Å²) >= 11 is 1.47. The van der Waals surface area contributed by atoms with Crippen LogP contribution >= 0.6 is 11.3 Å². The second kappa shape index (κ2) is 5.97. The highest BCUT2D eigenvalue weighted by Crippen LogP contribution is 2.30. The fraction of sp³-hybridized carbons (Fsp3) is 0.250. The summed E-state index contributed by atoms with van der Waals surface area (Å²) in [5.41, 5.74) is 0.642. The van der Waals surface area contributed by atoms with Gasteiger partial charge < -0.3 is 9.47 Å². The van der Waals surface area contributed by atoms with E-state index in [0.29, 0.717) is 22.9 Å². The Morgan fingerprint density at radius 1 is 1.33 bits per heavy atom. The fourth-order valence-electron chi connectivity index (χ4n) is 1.54. The van der Waals surface area contributed by atoms with Crippen molar-refractivity contribution >= 4 is 22.1 Å². The molecule has 1 atom stereocenters.